The molecule has 9 heteroatoms. The van der Waals surface area contributed by atoms with Crippen molar-refractivity contribution < 1.29 is 22.7 Å². The number of nitrogens with one attached hydrogen (secondary N) is 1. The Morgan fingerprint density at radius 1 is 1.15 bits per heavy atom. The van der Waals surface area contributed by atoms with Gasteiger partial charge in [-0.05, 0) is 51.8 Å². The van der Waals surface area contributed by atoms with E-state index in [0.29, 0.717) is 17.8 Å². The van der Waals surface area contributed by atoms with Crippen LogP contribution in [0, 0.1) is 6.92 Å². The normalized spacial score (nSPS) is 16.1. The molecule has 1 N–H and O–H groups in total. The molecule has 1 aliphatic rings. The monoisotopic (exact) mass is 473 g/mol. The molecule has 2 aromatic rings. The van der Waals surface area contributed by atoms with Gasteiger partial charge in [0.05, 0.1) is 17.1 Å². The second-order valence-corrected chi connectivity index (χ2v) is 11.3. The third-order valence-electron chi connectivity index (χ3n) is 5.55. The van der Waals surface area contributed by atoms with Gasteiger partial charge in [0.1, 0.15) is 5.75 Å². The highest BCUT2D eigenvalue weighted by molar-refractivity contribution is 7.89. The molecule has 0 spiro atoms. The Balaban J connectivity index is 1.85. The van der Waals surface area contributed by atoms with Crippen molar-refractivity contribution in [1.82, 2.24) is 9.21 Å². The predicted octanol–water partition coefficient (Wildman–Crippen LogP) is 3.16. The molecule has 2 aromatic carbocycles. The zero-order valence-electron chi connectivity index (χ0n) is 19.9. The van der Waals surface area contributed by atoms with Crippen LogP contribution >= 0.6 is 0 Å². The summed E-state index contributed by atoms with van der Waals surface area (Å²) in [4.78, 5) is 26.8. The first-order chi connectivity index (χ1) is 15.3. The van der Waals surface area contributed by atoms with Crippen molar-refractivity contribution in [1.29, 1.82) is 0 Å². The van der Waals surface area contributed by atoms with Gasteiger partial charge in [-0.1, -0.05) is 30.3 Å². The van der Waals surface area contributed by atoms with Crippen molar-refractivity contribution in [3.05, 3.63) is 53.6 Å². The van der Waals surface area contributed by atoms with Gasteiger partial charge in [0.25, 0.3) is 5.91 Å². The number of carbonyl (C=O) groups is 2. The molecule has 0 radical (unpaired) electrons. The number of anilines is 1. The number of sulfonamides is 1. The van der Waals surface area contributed by atoms with Gasteiger partial charge in [-0.2, -0.15) is 4.31 Å². The maximum absolute atomic E-state index is 13.4. The SMILES string of the molecule is Cc1cc2c(cc1S(=O)(=O)N(C)CC(=O)N(Cc1ccccc1)C(C)(C)C)O[C@@H](C)C(=O)N2. The van der Waals surface area contributed by atoms with Gasteiger partial charge in [-0.3, -0.25) is 9.59 Å². The van der Waals surface area contributed by atoms with Gasteiger partial charge in [0.2, 0.25) is 15.9 Å². The summed E-state index contributed by atoms with van der Waals surface area (Å²) in [5, 5.41) is 2.71. The molecule has 0 bridgehead atoms. The molecular formula is C24H31N3O5S. The molecule has 0 fully saturated rings. The number of hydrogen-bond donors (Lipinski definition) is 1. The third-order valence-corrected chi connectivity index (χ3v) is 7.49. The maximum atomic E-state index is 13.4. The van der Waals surface area contributed by atoms with E-state index >= 15 is 0 Å². The van der Waals surface area contributed by atoms with Crippen LogP contribution in [0.1, 0.15) is 38.8 Å². The first-order valence-electron chi connectivity index (χ1n) is 10.7. The minimum atomic E-state index is -3.99. The predicted molar refractivity (Wildman–Crippen MR) is 126 cm³/mol. The Labute approximate surface area is 195 Å². The number of ether oxygens (including phenoxy) is 1. The van der Waals surface area contributed by atoms with Gasteiger partial charge >= 0.3 is 0 Å². The number of amides is 2. The van der Waals surface area contributed by atoms with Gasteiger partial charge < -0.3 is 15.0 Å². The summed E-state index contributed by atoms with van der Waals surface area (Å²) in [5.74, 6) is -0.308. The summed E-state index contributed by atoms with van der Waals surface area (Å²) in [6.45, 7) is 9.06. The van der Waals surface area contributed by atoms with Crippen LogP contribution in [0.5, 0.6) is 5.75 Å². The van der Waals surface area contributed by atoms with Crippen LogP contribution in [0.3, 0.4) is 0 Å². The molecule has 33 heavy (non-hydrogen) atoms. The summed E-state index contributed by atoms with van der Waals surface area (Å²) in [6.07, 6.45) is -0.728. The van der Waals surface area contributed by atoms with E-state index in [-0.39, 0.29) is 29.0 Å². The third kappa shape index (κ3) is 5.36. The Bertz CT molecular complexity index is 1160. The largest absolute Gasteiger partial charge is 0.479 e. The quantitative estimate of drug-likeness (QED) is 0.695. The molecule has 0 aromatic heterocycles. The second-order valence-electron chi connectivity index (χ2n) is 9.26. The number of likely N-dealkylation sites (N-methyl/N-ethyl adjacent to an activating group) is 1. The van der Waals surface area contributed by atoms with Crippen molar-refractivity contribution in [2.24, 2.45) is 0 Å². The number of fused-ring (bicyclic) bond motifs is 1. The smallest absolute Gasteiger partial charge is 0.265 e. The first-order valence-corrected chi connectivity index (χ1v) is 12.2. The number of benzene rings is 2. The molecular weight excluding hydrogens is 442 g/mol. The van der Waals surface area contributed by atoms with Crippen LogP contribution in [0.15, 0.2) is 47.4 Å². The van der Waals surface area contributed by atoms with Crippen LogP contribution < -0.4 is 10.1 Å². The van der Waals surface area contributed by atoms with E-state index in [4.69, 9.17) is 4.74 Å². The topological polar surface area (TPSA) is 96.0 Å². The van der Waals surface area contributed by atoms with E-state index in [9.17, 15) is 18.0 Å². The fraction of sp³-hybridized carbons (Fsp3) is 0.417. The summed E-state index contributed by atoms with van der Waals surface area (Å²) < 4.78 is 33.4. The average molecular weight is 474 g/mol. The van der Waals surface area contributed by atoms with Gasteiger partial charge in [0.15, 0.2) is 6.10 Å². The van der Waals surface area contributed by atoms with Crippen molar-refractivity contribution in [3.8, 4) is 5.75 Å². The Morgan fingerprint density at radius 3 is 2.39 bits per heavy atom. The molecule has 178 valence electrons. The van der Waals surface area contributed by atoms with Gasteiger partial charge in [-0.15, -0.1) is 0 Å². The highest BCUT2D eigenvalue weighted by atomic mass is 32.2. The van der Waals surface area contributed by atoms with Crippen molar-refractivity contribution in [2.75, 3.05) is 18.9 Å². The molecule has 3 rings (SSSR count). The van der Waals surface area contributed by atoms with E-state index in [1.54, 1.807) is 24.8 Å². The standard InChI is InChI=1S/C24H31N3O5S/c1-16-12-19-20(32-17(2)23(29)25-19)13-21(16)33(30,31)26(6)15-22(28)27(24(3,4)5)14-18-10-8-7-9-11-18/h7-13,17H,14-15H2,1-6H3,(H,25,29)/t17-/m0/s1. The van der Waals surface area contributed by atoms with E-state index in [2.05, 4.69) is 5.32 Å². The van der Waals surface area contributed by atoms with E-state index < -0.39 is 21.7 Å². The molecule has 0 saturated heterocycles. The molecule has 0 aliphatic carbocycles. The number of rotatable bonds is 6. The molecule has 2 amide bonds. The lowest BCUT2D eigenvalue weighted by Crippen LogP contribution is -2.49. The Kier molecular flexibility index (Phi) is 6.85. The Morgan fingerprint density at radius 2 is 1.79 bits per heavy atom. The number of hydrogen-bond acceptors (Lipinski definition) is 5. The minimum Gasteiger partial charge on any atom is -0.479 e. The molecule has 0 unspecified atom stereocenters. The summed E-state index contributed by atoms with van der Waals surface area (Å²) >= 11 is 0. The summed E-state index contributed by atoms with van der Waals surface area (Å²) in [5.41, 5.74) is 1.34. The van der Waals surface area contributed by atoms with E-state index in [0.717, 1.165) is 9.87 Å². The van der Waals surface area contributed by atoms with Gasteiger partial charge in [0, 0.05) is 25.2 Å². The highest BCUT2D eigenvalue weighted by Crippen LogP contribution is 2.35. The number of nitrogens with zero attached hydrogens (tertiary/aromatic N) is 2. The average Bonchev–Trinajstić information content (AvgIpc) is 2.72. The number of carbonyl (C=O) groups excluding carboxylic acids is 2. The van der Waals surface area contributed by atoms with Gasteiger partial charge in [-0.25, -0.2) is 8.42 Å². The van der Waals surface area contributed by atoms with Crippen LogP contribution in [0.2, 0.25) is 0 Å². The number of aryl methyl sites for hydroxylation is 1. The summed E-state index contributed by atoms with van der Waals surface area (Å²) in [7, 11) is -2.60. The zero-order chi connectivity index (χ0) is 24.6. The first kappa shape index (κ1) is 24.7. The van der Waals surface area contributed by atoms with E-state index in [1.165, 1.54) is 13.1 Å². The fourth-order valence-electron chi connectivity index (χ4n) is 3.61. The van der Waals surface area contributed by atoms with Crippen LogP contribution in [-0.4, -0.2) is 54.7 Å². The minimum absolute atomic E-state index is 0.0327. The van der Waals surface area contributed by atoms with Crippen molar-refractivity contribution >= 4 is 27.5 Å². The summed E-state index contributed by atoms with van der Waals surface area (Å²) in [6, 6.07) is 12.6. The zero-order valence-corrected chi connectivity index (χ0v) is 20.7. The van der Waals surface area contributed by atoms with E-state index in [1.807, 2.05) is 51.1 Å². The Hall–Kier alpha value is -2.91. The maximum Gasteiger partial charge on any atom is 0.265 e. The molecule has 8 nitrogen and oxygen atoms in total. The second kappa shape index (κ2) is 9.15. The fourth-order valence-corrected chi connectivity index (χ4v) is 4.95. The lowest BCUT2D eigenvalue weighted by atomic mass is 10.0. The molecule has 1 aliphatic heterocycles. The van der Waals surface area contributed by atoms with Crippen LogP contribution in [0.25, 0.3) is 0 Å². The van der Waals surface area contributed by atoms with Crippen molar-refractivity contribution in [3.63, 3.8) is 0 Å². The molecule has 1 heterocycles. The highest BCUT2D eigenvalue weighted by Gasteiger charge is 2.33. The van der Waals surface area contributed by atoms with Crippen LogP contribution in [0.4, 0.5) is 5.69 Å². The van der Waals surface area contributed by atoms with Crippen LogP contribution in [-0.2, 0) is 26.2 Å². The lowest BCUT2D eigenvalue weighted by Gasteiger charge is -2.37. The molecule has 0 saturated carbocycles. The lowest BCUT2D eigenvalue weighted by molar-refractivity contribution is -0.136. The van der Waals surface area contributed by atoms with Crippen molar-refractivity contribution in [2.45, 2.75) is 57.7 Å². The molecule has 1 atom stereocenters.